The van der Waals surface area contributed by atoms with Crippen LogP contribution >= 0.6 is 11.3 Å². The van der Waals surface area contributed by atoms with E-state index in [1.54, 1.807) is 4.90 Å². The van der Waals surface area contributed by atoms with Gasteiger partial charge in [-0.15, -0.1) is 11.3 Å². The van der Waals surface area contributed by atoms with Crippen molar-refractivity contribution in [3.8, 4) is 0 Å². The molecule has 154 valence electrons. The number of nitrogens with zero attached hydrogens (tertiary/aromatic N) is 1. The molecule has 28 heavy (non-hydrogen) atoms. The molecular weight excluding hydrogens is 370 g/mol. The van der Waals surface area contributed by atoms with E-state index in [2.05, 4.69) is 19.9 Å². The SMILES string of the molecule is CC1CC=C(c2cc(N(C(=O)C3CCC(C)CC3)C(C)C)c(C(=O)O)s2)CC1. The first-order valence-corrected chi connectivity index (χ1v) is 11.5. The van der Waals surface area contributed by atoms with Gasteiger partial charge < -0.3 is 10.0 Å². The summed E-state index contributed by atoms with van der Waals surface area (Å²) in [5.74, 6) is 0.536. The predicted molar refractivity (Wildman–Crippen MR) is 116 cm³/mol. The summed E-state index contributed by atoms with van der Waals surface area (Å²) < 4.78 is 0. The van der Waals surface area contributed by atoms with Crippen molar-refractivity contribution >= 4 is 34.5 Å². The third-order valence-corrected chi connectivity index (χ3v) is 7.46. The highest BCUT2D eigenvalue weighted by Crippen LogP contribution is 2.41. The number of carboxylic acids is 1. The second-order valence-electron chi connectivity index (χ2n) is 9.00. The molecule has 1 heterocycles. The topological polar surface area (TPSA) is 57.6 Å². The molecule has 2 aliphatic rings. The van der Waals surface area contributed by atoms with E-state index in [-0.39, 0.29) is 17.9 Å². The number of hydrogen-bond acceptors (Lipinski definition) is 3. The third-order valence-electron chi connectivity index (χ3n) is 6.27. The average molecular weight is 404 g/mol. The van der Waals surface area contributed by atoms with Crippen LogP contribution in [0, 0.1) is 17.8 Å². The molecule has 0 aromatic carbocycles. The van der Waals surface area contributed by atoms with Crippen molar-refractivity contribution in [3.63, 3.8) is 0 Å². The number of carbonyl (C=O) groups is 2. The fourth-order valence-corrected chi connectivity index (χ4v) is 5.47. The van der Waals surface area contributed by atoms with Crippen LogP contribution < -0.4 is 4.90 Å². The Labute approximate surface area is 172 Å². The number of carboxylic acid groups (broad SMARTS) is 1. The van der Waals surface area contributed by atoms with Crippen molar-refractivity contribution in [1.82, 2.24) is 0 Å². The Morgan fingerprint density at radius 1 is 1.11 bits per heavy atom. The highest BCUT2D eigenvalue weighted by molar-refractivity contribution is 7.15. The molecule has 1 aromatic heterocycles. The van der Waals surface area contributed by atoms with Crippen LogP contribution in [0.4, 0.5) is 5.69 Å². The predicted octanol–water partition coefficient (Wildman–Crippen LogP) is 6.22. The molecule has 1 atom stereocenters. The monoisotopic (exact) mass is 403 g/mol. The molecule has 1 saturated carbocycles. The lowest BCUT2D eigenvalue weighted by atomic mass is 9.82. The van der Waals surface area contributed by atoms with E-state index in [9.17, 15) is 14.7 Å². The van der Waals surface area contributed by atoms with Gasteiger partial charge in [-0.25, -0.2) is 4.79 Å². The first-order chi connectivity index (χ1) is 13.3. The summed E-state index contributed by atoms with van der Waals surface area (Å²) in [6, 6.07) is 1.90. The summed E-state index contributed by atoms with van der Waals surface area (Å²) >= 11 is 1.32. The summed E-state index contributed by atoms with van der Waals surface area (Å²) in [6.07, 6.45) is 9.38. The lowest BCUT2D eigenvalue weighted by Gasteiger charge is -2.33. The zero-order valence-corrected chi connectivity index (χ0v) is 18.3. The van der Waals surface area contributed by atoms with Crippen LogP contribution in [0.1, 0.15) is 87.2 Å². The van der Waals surface area contributed by atoms with Crippen molar-refractivity contribution in [1.29, 1.82) is 0 Å². The summed E-state index contributed by atoms with van der Waals surface area (Å²) in [5.41, 5.74) is 1.82. The fourth-order valence-electron chi connectivity index (χ4n) is 4.42. The summed E-state index contributed by atoms with van der Waals surface area (Å²) in [5, 5.41) is 9.83. The number of amides is 1. The largest absolute Gasteiger partial charge is 0.477 e. The molecule has 0 bridgehead atoms. The molecule has 1 amide bonds. The molecule has 5 heteroatoms. The highest BCUT2D eigenvalue weighted by Gasteiger charge is 2.33. The third kappa shape index (κ3) is 4.51. The minimum absolute atomic E-state index is 0.0124. The number of hydrogen-bond donors (Lipinski definition) is 1. The number of allylic oxidation sites excluding steroid dienone is 2. The van der Waals surface area contributed by atoms with E-state index in [1.807, 2.05) is 19.9 Å². The van der Waals surface area contributed by atoms with E-state index in [0.29, 0.717) is 22.4 Å². The van der Waals surface area contributed by atoms with Gasteiger partial charge in [0.05, 0.1) is 5.69 Å². The maximum absolute atomic E-state index is 13.4. The van der Waals surface area contributed by atoms with Gasteiger partial charge in [0.2, 0.25) is 5.91 Å². The van der Waals surface area contributed by atoms with E-state index in [1.165, 1.54) is 16.9 Å². The minimum atomic E-state index is -0.938. The van der Waals surface area contributed by atoms with Gasteiger partial charge in [-0.05, 0) is 82.3 Å². The van der Waals surface area contributed by atoms with Crippen LogP contribution in [0.25, 0.3) is 5.57 Å². The average Bonchev–Trinajstić information content (AvgIpc) is 3.07. The second-order valence-corrected chi connectivity index (χ2v) is 10.1. The molecule has 4 nitrogen and oxygen atoms in total. The highest BCUT2D eigenvalue weighted by atomic mass is 32.1. The Balaban J connectivity index is 1.93. The number of carbonyl (C=O) groups excluding carboxylic acids is 1. The maximum Gasteiger partial charge on any atom is 0.348 e. The number of anilines is 1. The fraction of sp³-hybridized carbons (Fsp3) is 0.652. The first kappa shape index (κ1) is 21.1. The van der Waals surface area contributed by atoms with Gasteiger partial charge >= 0.3 is 5.97 Å². The Hall–Kier alpha value is -1.62. The van der Waals surface area contributed by atoms with Crippen molar-refractivity contribution in [3.05, 3.63) is 21.9 Å². The molecular formula is C23H33NO3S. The molecule has 1 N–H and O–H groups in total. The van der Waals surface area contributed by atoms with Crippen LogP contribution in [-0.2, 0) is 4.79 Å². The van der Waals surface area contributed by atoms with Crippen LogP contribution in [0.5, 0.6) is 0 Å². The van der Waals surface area contributed by atoms with Crippen LogP contribution in [-0.4, -0.2) is 23.0 Å². The number of aromatic carboxylic acids is 1. The van der Waals surface area contributed by atoms with Crippen LogP contribution in [0.15, 0.2) is 12.1 Å². The molecule has 1 unspecified atom stereocenters. The zero-order chi connectivity index (χ0) is 20.4. The van der Waals surface area contributed by atoms with Crippen molar-refractivity contribution in [2.45, 2.75) is 78.7 Å². The molecule has 1 fully saturated rings. The molecule has 2 aliphatic carbocycles. The second kappa shape index (κ2) is 8.81. The van der Waals surface area contributed by atoms with Crippen molar-refractivity contribution < 1.29 is 14.7 Å². The van der Waals surface area contributed by atoms with Gasteiger partial charge in [0.15, 0.2) is 0 Å². The Kier molecular flexibility index (Phi) is 6.64. The summed E-state index contributed by atoms with van der Waals surface area (Å²) in [6.45, 7) is 8.45. The molecule has 1 aromatic rings. The molecule has 0 saturated heterocycles. The Morgan fingerprint density at radius 2 is 1.79 bits per heavy atom. The van der Waals surface area contributed by atoms with Gasteiger partial charge in [0.25, 0.3) is 0 Å². The Morgan fingerprint density at radius 3 is 2.32 bits per heavy atom. The zero-order valence-electron chi connectivity index (χ0n) is 17.5. The van der Waals surface area contributed by atoms with Crippen LogP contribution in [0.3, 0.4) is 0 Å². The van der Waals surface area contributed by atoms with Gasteiger partial charge in [-0.3, -0.25) is 4.79 Å². The molecule has 3 rings (SSSR count). The minimum Gasteiger partial charge on any atom is -0.477 e. The van der Waals surface area contributed by atoms with Crippen molar-refractivity contribution in [2.75, 3.05) is 4.90 Å². The van der Waals surface area contributed by atoms with E-state index in [4.69, 9.17) is 0 Å². The first-order valence-electron chi connectivity index (χ1n) is 10.7. The maximum atomic E-state index is 13.4. The van der Waals surface area contributed by atoms with Crippen LogP contribution in [0.2, 0.25) is 0 Å². The van der Waals surface area contributed by atoms with E-state index in [0.717, 1.165) is 49.8 Å². The summed E-state index contributed by atoms with van der Waals surface area (Å²) in [4.78, 5) is 28.4. The number of rotatable bonds is 5. The number of thiophene rings is 1. The van der Waals surface area contributed by atoms with Gasteiger partial charge in [0, 0.05) is 16.8 Å². The van der Waals surface area contributed by atoms with Gasteiger partial charge in [-0.2, -0.15) is 0 Å². The quantitative estimate of drug-likeness (QED) is 0.635. The van der Waals surface area contributed by atoms with E-state index >= 15 is 0 Å². The molecule has 0 spiro atoms. The molecule has 0 radical (unpaired) electrons. The van der Waals surface area contributed by atoms with Gasteiger partial charge in [0.1, 0.15) is 4.88 Å². The standard InChI is InChI=1S/C23H33NO3S/c1-14(2)24(22(25)18-11-7-16(4)8-12-18)19-13-20(28-21(19)23(26)27)17-9-5-15(3)6-10-17/h9,13-16,18H,5-8,10-12H2,1-4H3,(H,26,27). The lowest BCUT2D eigenvalue weighted by Crippen LogP contribution is -2.42. The normalized spacial score (nSPS) is 25.5. The summed E-state index contributed by atoms with van der Waals surface area (Å²) in [7, 11) is 0. The van der Waals surface area contributed by atoms with Crippen molar-refractivity contribution in [2.24, 2.45) is 17.8 Å². The smallest absolute Gasteiger partial charge is 0.348 e. The van der Waals surface area contributed by atoms with E-state index < -0.39 is 5.97 Å². The lowest BCUT2D eigenvalue weighted by molar-refractivity contribution is -0.123. The Bertz CT molecular complexity index is 756. The molecule has 0 aliphatic heterocycles. The van der Waals surface area contributed by atoms with Gasteiger partial charge in [-0.1, -0.05) is 19.9 Å².